The molecule has 1 atom stereocenters. The van der Waals surface area contributed by atoms with E-state index in [2.05, 4.69) is 5.32 Å². The number of sulfone groups is 1. The number of rotatable bonds is 4. The van der Waals surface area contributed by atoms with E-state index in [0.29, 0.717) is 12.8 Å². The van der Waals surface area contributed by atoms with Gasteiger partial charge in [-0.25, -0.2) is 18.0 Å². The van der Waals surface area contributed by atoms with Crippen molar-refractivity contribution in [3.05, 3.63) is 30.3 Å². The highest BCUT2D eigenvalue weighted by molar-refractivity contribution is 7.93. The van der Waals surface area contributed by atoms with Crippen molar-refractivity contribution in [2.75, 3.05) is 13.7 Å². The number of hydrogen-bond donors (Lipinski definition) is 1. The molecule has 3 rings (SSSR count). The predicted molar refractivity (Wildman–Crippen MR) is 90.5 cm³/mol. The Kier molecular flexibility index (Phi) is 4.73. The zero-order valence-corrected chi connectivity index (χ0v) is 14.9. The Labute approximate surface area is 147 Å². The molecule has 8 heteroatoms. The van der Waals surface area contributed by atoms with E-state index in [1.807, 2.05) is 0 Å². The Morgan fingerprint density at radius 3 is 2.44 bits per heavy atom. The van der Waals surface area contributed by atoms with Gasteiger partial charge in [-0.1, -0.05) is 37.5 Å². The zero-order valence-electron chi connectivity index (χ0n) is 14.1. The number of ether oxygens (including phenoxy) is 1. The van der Waals surface area contributed by atoms with Gasteiger partial charge in [0, 0.05) is 6.04 Å². The molecule has 0 aromatic heterocycles. The molecule has 2 amide bonds. The van der Waals surface area contributed by atoms with Gasteiger partial charge in [0.1, 0.15) is 0 Å². The van der Waals surface area contributed by atoms with E-state index in [1.165, 1.54) is 17.0 Å². The standard InChI is InChI=1S/C17H22N2O5S/c1-24-15(20)17(25(22,23)14-10-6-3-7-11-14)12-18-16(21)19(17)13-8-4-2-5-9-13/h3,6-7,10-11,13H,2,4-5,8-9,12H2,1H3,(H,18,21). The molecule has 25 heavy (non-hydrogen) atoms. The lowest BCUT2D eigenvalue weighted by Crippen LogP contribution is -2.62. The third-order valence-electron chi connectivity index (χ3n) is 5.03. The molecule has 1 saturated heterocycles. The molecule has 136 valence electrons. The van der Waals surface area contributed by atoms with Crippen LogP contribution < -0.4 is 5.32 Å². The summed E-state index contributed by atoms with van der Waals surface area (Å²) in [4.78, 5) is 24.4. The summed E-state index contributed by atoms with van der Waals surface area (Å²) in [6.45, 7) is -0.313. The van der Waals surface area contributed by atoms with Crippen LogP contribution in [-0.4, -0.2) is 49.9 Å². The second-order valence-corrected chi connectivity index (χ2v) is 8.57. The highest BCUT2D eigenvalue weighted by Crippen LogP contribution is 2.38. The second kappa shape index (κ2) is 6.67. The second-order valence-electron chi connectivity index (χ2n) is 6.41. The topological polar surface area (TPSA) is 92.8 Å². The fraction of sp³-hybridized carbons (Fsp3) is 0.529. The molecule has 2 fully saturated rings. The van der Waals surface area contributed by atoms with Crippen molar-refractivity contribution < 1.29 is 22.7 Å². The van der Waals surface area contributed by atoms with Crippen LogP contribution in [0.25, 0.3) is 0 Å². The van der Waals surface area contributed by atoms with E-state index < -0.39 is 26.7 Å². The van der Waals surface area contributed by atoms with E-state index in [9.17, 15) is 18.0 Å². The fourth-order valence-corrected chi connectivity index (χ4v) is 5.75. The summed E-state index contributed by atoms with van der Waals surface area (Å²) < 4.78 is 31.7. The maximum Gasteiger partial charge on any atom is 0.350 e. The fourth-order valence-electron chi connectivity index (χ4n) is 3.79. The first kappa shape index (κ1) is 17.7. The van der Waals surface area contributed by atoms with Crippen LogP contribution in [0.4, 0.5) is 4.79 Å². The summed E-state index contributed by atoms with van der Waals surface area (Å²) in [5.74, 6) is -0.930. The third-order valence-corrected chi connectivity index (χ3v) is 7.32. The van der Waals surface area contributed by atoms with Gasteiger partial charge in [-0.3, -0.25) is 4.90 Å². The molecule has 1 aromatic carbocycles. The maximum atomic E-state index is 13.4. The molecule has 1 aliphatic heterocycles. The van der Waals surface area contributed by atoms with Crippen LogP contribution in [0, 0.1) is 0 Å². The summed E-state index contributed by atoms with van der Waals surface area (Å²) in [5, 5.41) is 2.56. The summed E-state index contributed by atoms with van der Waals surface area (Å²) in [7, 11) is -3.03. The Hall–Kier alpha value is -2.09. The normalized spacial score (nSPS) is 24.8. The molecule has 0 spiro atoms. The number of hydrogen-bond acceptors (Lipinski definition) is 5. The molecule has 1 N–H and O–H groups in total. The minimum atomic E-state index is -4.18. The number of esters is 1. The molecule has 1 heterocycles. The molecular weight excluding hydrogens is 344 g/mol. The third kappa shape index (κ3) is 2.68. The molecule has 2 aliphatic rings. The van der Waals surface area contributed by atoms with E-state index in [1.54, 1.807) is 18.2 Å². The first-order valence-electron chi connectivity index (χ1n) is 8.40. The summed E-state index contributed by atoms with van der Waals surface area (Å²) in [6, 6.07) is 6.91. The minimum absolute atomic E-state index is 0.00212. The first-order chi connectivity index (χ1) is 11.9. The van der Waals surface area contributed by atoms with Crippen molar-refractivity contribution in [3.63, 3.8) is 0 Å². The lowest BCUT2D eigenvalue weighted by Gasteiger charge is -2.40. The van der Waals surface area contributed by atoms with E-state index in [-0.39, 0.29) is 17.5 Å². The van der Waals surface area contributed by atoms with Crippen molar-refractivity contribution >= 4 is 21.8 Å². The Bertz CT molecular complexity index is 759. The van der Waals surface area contributed by atoms with Crippen molar-refractivity contribution in [1.29, 1.82) is 0 Å². The van der Waals surface area contributed by atoms with Gasteiger partial charge < -0.3 is 10.1 Å². The smallest absolute Gasteiger partial charge is 0.350 e. The van der Waals surface area contributed by atoms with Gasteiger partial charge in [-0.05, 0) is 25.0 Å². The number of amides is 2. The van der Waals surface area contributed by atoms with Crippen LogP contribution in [0.3, 0.4) is 0 Å². The quantitative estimate of drug-likeness (QED) is 0.819. The molecule has 1 aliphatic carbocycles. The number of nitrogens with one attached hydrogen (secondary N) is 1. The molecule has 0 radical (unpaired) electrons. The maximum absolute atomic E-state index is 13.4. The van der Waals surface area contributed by atoms with Crippen LogP contribution in [0.5, 0.6) is 0 Å². The van der Waals surface area contributed by atoms with Gasteiger partial charge in [0.05, 0.1) is 18.6 Å². The molecule has 1 unspecified atom stereocenters. The van der Waals surface area contributed by atoms with E-state index in [0.717, 1.165) is 26.4 Å². The predicted octanol–water partition coefficient (Wildman–Crippen LogP) is 1.69. The number of methoxy groups -OCH3 is 1. The van der Waals surface area contributed by atoms with Crippen molar-refractivity contribution in [2.45, 2.75) is 47.9 Å². The van der Waals surface area contributed by atoms with Crippen LogP contribution in [-0.2, 0) is 19.4 Å². The molecule has 7 nitrogen and oxygen atoms in total. The number of urea groups is 1. The molecule has 1 aromatic rings. The average Bonchev–Trinajstić information content (AvgIpc) is 3.01. The molecular formula is C17H22N2O5S. The number of carbonyl (C=O) groups is 2. The molecule has 1 saturated carbocycles. The lowest BCUT2D eigenvalue weighted by molar-refractivity contribution is -0.147. The van der Waals surface area contributed by atoms with Gasteiger partial charge >= 0.3 is 12.0 Å². The highest BCUT2D eigenvalue weighted by atomic mass is 32.2. The summed E-state index contributed by atoms with van der Waals surface area (Å²) in [6.07, 6.45) is 4.20. The minimum Gasteiger partial charge on any atom is -0.466 e. The van der Waals surface area contributed by atoms with Crippen LogP contribution in [0.2, 0.25) is 0 Å². The van der Waals surface area contributed by atoms with Crippen LogP contribution in [0.1, 0.15) is 32.1 Å². The zero-order chi connectivity index (χ0) is 18.1. The number of nitrogens with zero attached hydrogens (tertiary/aromatic N) is 1. The summed E-state index contributed by atoms with van der Waals surface area (Å²) >= 11 is 0. The van der Waals surface area contributed by atoms with Gasteiger partial charge in [0.25, 0.3) is 4.87 Å². The van der Waals surface area contributed by atoms with Gasteiger partial charge in [-0.2, -0.15) is 0 Å². The SMILES string of the molecule is COC(=O)C1(S(=O)(=O)c2ccccc2)CNC(=O)N1C1CCCCC1. The van der Waals surface area contributed by atoms with E-state index >= 15 is 0 Å². The largest absolute Gasteiger partial charge is 0.466 e. The lowest BCUT2D eigenvalue weighted by atomic mass is 9.93. The van der Waals surface area contributed by atoms with Gasteiger partial charge in [-0.15, -0.1) is 0 Å². The van der Waals surface area contributed by atoms with Crippen LogP contribution in [0.15, 0.2) is 35.2 Å². The van der Waals surface area contributed by atoms with Crippen LogP contribution >= 0.6 is 0 Å². The first-order valence-corrected chi connectivity index (χ1v) is 9.89. The Morgan fingerprint density at radius 1 is 1.20 bits per heavy atom. The Balaban J connectivity index is 2.15. The average molecular weight is 366 g/mol. The van der Waals surface area contributed by atoms with Crippen molar-refractivity contribution in [1.82, 2.24) is 10.2 Å². The monoisotopic (exact) mass is 366 g/mol. The van der Waals surface area contributed by atoms with Crippen molar-refractivity contribution in [2.24, 2.45) is 0 Å². The Morgan fingerprint density at radius 2 is 1.84 bits per heavy atom. The number of benzene rings is 1. The van der Waals surface area contributed by atoms with Gasteiger partial charge in [0.15, 0.2) is 0 Å². The highest BCUT2D eigenvalue weighted by Gasteiger charge is 2.64. The van der Waals surface area contributed by atoms with E-state index in [4.69, 9.17) is 4.74 Å². The summed E-state index contributed by atoms with van der Waals surface area (Å²) in [5.41, 5.74) is 0. The van der Waals surface area contributed by atoms with Crippen molar-refractivity contribution in [3.8, 4) is 0 Å². The number of carbonyl (C=O) groups excluding carboxylic acids is 2. The molecule has 0 bridgehead atoms. The van der Waals surface area contributed by atoms with Gasteiger partial charge in [0.2, 0.25) is 9.84 Å².